The molecule has 0 unspecified atom stereocenters. The van der Waals surface area contributed by atoms with Gasteiger partial charge in [-0.25, -0.2) is 14.2 Å². The third-order valence-corrected chi connectivity index (χ3v) is 4.98. The highest BCUT2D eigenvalue weighted by molar-refractivity contribution is 7.13. The maximum Gasteiger partial charge on any atom is 0.358 e. The summed E-state index contributed by atoms with van der Waals surface area (Å²) >= 11 is 1.24. The monoisotopic (exact) mass is 398 g/mol. The lowest BCUT2D eigenvalue weighted by atomic mass is 10.1. The number of halogens is 1. The second-order valence-electron chi connectivity index (χ2n) is 6.13. The number of esters is 1. The van der Waals surface area contributed by atoms with E-state index in [2.05, 4.69) is 17.2 Å². The summed E-state index contributed by atoms with van der Waals surface area (Å²) in [6.45, 7) is 3.55. The van der Waals surface area contributed by atoms with E-state index in [1.165, 1.54) is 30.4 Å². The molecule has 0 saturated heterocycles. The molecule has 0 radical (unpaired) electrons. The van der Waals surface area contributed by atoms with Gasteiger partial charge < -0.3 is 10.1 Å². The average Bonchev–Trinajstić information content (AvgIpc) is 3.19. The predicted molar refractivity (Wildman–Crippen MR) is 107 cm³/mol. The molecular weight excluding hydrogens is 379 g/mol. The first-order valence-electron chi connectivity index (χ1n) is 8.78. The molecule has 3 rings (SSSR count). The molecule has 0 fully saturated rings. The number of nitrogens with zero attached hydrogens (tertiary/aromatic N) is 1. The second kappa shape index (κ2) is 8.75. The summed E-state index contributed by atoms with van der Waals surface area (Å²) in [5, 5.41) is 4.84. The highest BCUT2D eigenvalue weighted by Gasteiger charge is 2.21. The second-order valence-corrected chi connectivity index (χ2v) is 6.99. The van der Waals surface area contributed by atoms with Gasteiger partial charge in [-0.05, 0) is 55.3 Å². The summed E-state index contributed by atoms with van der Waals surface area (Å²) < 4.78 is 18.2. The maximum atomic E-state index is 13.0. The molecule has 1 N–H and O–H groups in total. The molecule has 144 valence electrons. The Labute approximate surface area is 166 Å². The number of aryl methyl sites for hydroxylation is 1. The lowest BCUT2D eigenvalue weighted by Gasteiger charge is -2.13. The molecule has 3 aromatic rings. The van der Waals surface area contributed by atoms with Crippen LogP contribution < -0.4 is 5.32 Å². The predicted octanol–water partition coefficient (Wildman–Crippen LogP) is 4.70. The largest absolute Gasteiger partial charge is 0.448 e. The summed E-state index contributed by atoms with van der Waals surface area (Å²) in [6, 6.07) is 13.3. The Kier molecular flexibility index (Phi) is 6.16. The Morgan fingerprint density at radius 1 is 1.14 bits per heavy atom. The molecule has 1 amide bonds. The first-order chi connectivity index (χ1) is 13.5. The SMILES string of the molecule is CCc1ccc(NC(=O)[C@H](C)OC(=O)c2csc(-c3ccc(F)cc3)n2)cc1. The van der Waals surface area contributed by atoms with Crippen molar-refractivity contribution < 1.29 is 18.7 Å². The summed E-state index contributed by atoms with van der Waals surface area (Å²) in [5.41, 5.74) is 2.61. The zero-order valence-electron chi connectivity index (χ0n) is 15.4. The van der Waals surface area contributed by atoms with Gasteiger partial charge in [0.15, 0.2) is 11.8 Å². The molecule has 7 heteroatoms. The zero-order valence-corrected chi connectivity index (χ0v) is 16.3. The summed E-state index contributed by atoms with van der Waals surface area (Å²) in [5.74, 6) is -1.45. The molecule has 2 aromatic carbocycles. The Morgan fingerprint density at radius 3 is 2.46 bits per heavy atom. The van der Waals surface area contributed by atoms with E-state index < -0.39 is 18.0 Å². The highest BCUT2D eigenvalue weighted by atomic mass is 32.1. The van der Waals surface area contributed by atoms with Crippen molar-refractivity contribution in [3.8, 4) is 10.6 Å². The van der Waals surface area contributed by atoms with E-state index in [1.54, 1.807) is 29.6 Å². The fraction of sp³-hybridized carbons (Fsp3) is 0.190. The molecule has 1 atom stereocenters. The maximum absolute atomic E-state index is 13.0. The van der Waals surface area contributed by atoms with Crippen LogP contribution in [0.4, 0.5) is 10.1 Å². The number of nitrogens with one attached hydrogen (secondary N) is 1. The number of hydrogen-bond donors (Lipinski definition) is 1. The van der Waals surface area contributed by atoms with Crippen molar-refractivity contribution in [1.82, 2.24) is 4.98 Å². The first-order valence-corrected chi connectivity index (χ1v) is 9.66. The van der Waals surface area contributed by atoms with E-state index >= 15 is 0 Å². The van der Waals surface area contributed by atoms with Crippen LogP contribution in [-0.4, -0.2) is 23.0 Å². The van der Waals surface area contributed by atoms with Crippen molar-refractivity contribution in [2.75, 3.05) is 5.32 Å². The average molecular weight is 398 g/mol. The van der Waals surface area contributed by atoms with Gasteiger partial charge in [-0.15, -0.1) is 11.3 Å². The van der Waals surface area contributed by atoms with Gasteiger partial charge in [0.05, 0.1) is 0 Å². The molecule has 0 bridgehead atoms. The smallest absolute Gasteiger partial charge is 0.358 e. The van der Waals surface area contributed by atoms with Gasteiger partial charge in [-0.3, -0.25) is 4.79 Å². The molecule has 0 aliphatic heterocycles. The van der Waals surface area contributed by atoms with Crippen molar-refractivity contribution in [2.45, 2.75) is 26.4 Å². The van der Waals surface area contributed by atoms with E-state index in [4.69, 9.17) is 4.74 Å². The molecule has 0 aliphatic carbocycles. The fourth-order valence-electron chi connectivity index (χ4n) is 2.43. The Bertz CT molecular complexity index is 968. The van der Waals surface area contributed by atoms with E-state index in [-0.39, 0.29) is 11.5 Å². The minimum atomic E-state index is -0.977. The van der Waals surface area contributed by atoms with Crippen molar-refractivity contribution in [3.05, 3.63) is 71.0 Å². The van der Waals surface area contributed by atoms with Crippen LogP contribution in [0.2, 0.25) is 0 Å². The van der Waals surface area contributed by atoms with Crippen LogP contribution in [-0.2, 0) is 16.0 Å². The van der Waals surface area contributed by atoms with Crippen molar-refractivity contribution in [3.63, 3.8) is 0 Å². The molecular formula is C21H19FN2O3S. The molecule has 1 heterocycles. The van der Waals surface area contributed by atoms with E-state index in [1.807, 2.05) is 12.1 Å². The fourth-order valence-corrected chi connectivity index (χ4v) is 3.23. The molecule has 5 nitrogen and oxygen atoms in total. The topological polar surface area (TPSA) is 68.3 Å². The highest BCUT2D eigenvalue weighted by Crippen LogP contribution is 2.24. The Balaban J connectivity index is 1.60. The van der Waals surface area contributed by atoms with E-state index in [0.29, 0.717) is 16.3 Å². The number of benzene rings is 2. The van der Waals surface area contributed by atoms with Crippen molar-refractivity contribution in [2.24, 2.45) is 0 Å². The van der Waals surface area contributed by atoms with Crippen molar-refractivity contribution in [1.29, 1.82) is 0 Å². The number of hydrogen-bond acceptors (Lipinski definition) is 5. The van der Waals surface area contributed by atoms with Gasteiger partial charge in [0, 0.05) is 16.6 Å². The van der Waals surface area contributed by atoms with Crippen LogP contribution in [0.5, 0.6) is 0 Å². The molecule has 0 saturated carbocycles. The summed E-state index contributed by atoms with van der Waals surface area (Å²) in [4.78, 5) is 28.7. The van der Waals surface area contributed by atoms with Gasteiger partial charge in [0.1, 0.15) is 10.8 Å². The molecule has 0 spiro atoms. The van der Waals surface area contributed by atoms with Crippen LogP contribution >= 0.6 is 11.3 Å². The third kappa shape index (κ3) is 4.80. The van der Waals surface area contributed by atoms with Crippen LogP contribution in [0, 0.1) is 5.82 Å². The van der Waals surface area contributed by atoms with Crippen LogP contribution in [0.1, 0.15) is 29.9 Å². The summed E-state index contributed by atoms with van der Waals surface area (Å²) in [7, 11) is 0. The lowest BCUT2D eigenvalue weighted by molar-refractivity contribution is -0.123. The van der Waals surface area contributed by atoms with Gasteiger partial charge in [0.25, 0.3) is 5.91 Å². The number of rotatable bonds is 6. The number of amides is 1. The number of carbonyl (C=O) groups is 2. The summed E-state index contributed by atoms with van der Waals surface area (Å²) in [6.07, 6.45) is -0.0650. The van der Waals surface area contributed by atoms with Crippen LogP contribution in [0.15, 0.2) is 53.9 Å². The van der Waals surface area contributed by atoms with Gasteiger partial charge >= 0.3 is 5.97 Å². The van der Waals surface area contributed by atoms with E-state index in [9.17, 15) is 14.0 Å². The van der Waals surface area contributed by atoms with E-state index in [0.717, 1.165) is 12.0 Å². The molecule has 0 aliphatic rings. The Morgan fingerprint density at radius 2 is 1.82 bits per heavy atom. The minimum Gasteiger partial charge on any atom is -0.448 e. The lowest BCUT2D eigenvalue weighted by Crippen LogP contribution is -2.30. The number of anilines is 1. The number of aromatic nitrogens is 1. The first kappa shape index (κ1) is 19.7. The third-order valence-electron chi connectivity index (χ3n) is 4.09. The number of thiazole rings is 1. The zero-order chi connectivity index (χ0) is 20.1. The van der Waals surface area contributed by atoms with Crippen molar-refractivity contribution >= 4 is 28.9 Å². The number of ether oxygens (including phenoxy) is 1. The van der Waals surface area contributed by atoms with Gasteiger partial charge in [0.2, 0.25) is 0 Å². The normalized spacial score (nSPS) is 11.7. The van der Waals surface area contributed by atoms with Crippen LogP contribution in [0.25, 0.3) is 10.6 Å². The van der Waals surface area contributed by atoms with Crippen LogP contribution in [0.3, 0.4) is 0 Å². The minimum absolute atomic E-state index is 0.108. The quantitative estimate of drug-likeness (QED) is 0.612. The Hall–Kier alpha value is -3.06. The van der Waals surface area contributed by atoms with Gasteiger partial charge in [-0.1, -0.05) is 19.1 Å². The molecule has 1 aromatic heterocycles. The standard InChI is InChI=1S/C21H19FN2O3S/c1-3-14-4-10-17(11-5-14)23-19(25)13(2)27-21(26)18-12-28-20(24-18)15-6-8-16(22)9-7-15/h4-13H,3H2,1-2H3,(H,23,25)/t13-/m0/s1. The number of carbonyl (C=O) groups excluding carboxylic acids is 2. The van der Waals surface area contributed by atoms with Gasteiger partial charge in [-0.2, -0.15) is 0 Å². The molecule has 28 heavy (non-hydrogen) atoms.